The van der Waals surface area contributed by atoms with Gasteiger partial charge in [0.25, 0.3) is 10.0 Å². The largest absolute Gasteiger partial charge is 0.313 e. The summed E-state index contributed by atoms with van der Waals surface area (Å²) in [5.74, 6) is 0.261. The summed E-state index contributed by atoms with van der Waals surface area (Å²) in [6.45, 7) is 9.59. The number of nitrogens with one attached hydrogen (secondary N) is 3. The molecule has 1 aromatic rings. The van der Waals surface area contributed by atoms with Gasteiger partial charge in [-0.15, -0.1) is 0 Å². The zero-order valence-corrected chi connectivity index (χ0v) is 12.9. The Kier molecular flexibility index (Phi) is 5.96. The molecular formula is C12H24N4O2S. The average molecular weight is 288 g/mol. The van der Waals surface area contributed by atoms with Crippen molar-refractivity contribution in [3.63, 3.8) is 0 Å². The molecule has 7 heteroatoms. The molecule has 1 aromatic heterocycles. The maximum atomic E-state index is 12.2. The molecule has 0 radical (unpaired) electrons. The summed E-state index contributed by atoms with van der Waals surface area (Å²) < 4.78 is 26.9. The minimum absolute atomic E-state index is 0.106. The molecule has 0 aromatic carbocycles. The Morgan fingerprint density at radius 3 is 2.63 bits per heavy atom. The van der Waals surface area contributed by atoms with Gasteiger partial charge >= 0.3 is 0 Å². The van der Waals surface area contributed by atoms with Crippen LogP contribution in [0.5, 0.6) is 0 Å². The molecule has 110 valence electrons. The lowest BCUT2D eigenvalue weighted by atomic mass is 10.2. The van der Waals surface area contributed by atoms with Crippen LogP contribution in [0.4, 0.5) is 0 Å². The van der Waals surface area contributed by atoms with E-state index in [1.165, 1.54) is 0 Å². The van der Waals surface area contributed by atoms with Gasteiger partial charge in [-0.3, -0.25) is 5.10 Å². The summed E-state index contributed by atoms with van der Waals surface area (Å²) in [5.41, 5.74) is 1.50. The number of sulfonamides is 1. The predicted molar refractivity (Wildman–Crippen MR) is 75.3 cm³/mol. The van der Waals surface area contributed by atoms with Crippen LogP contribution in [-0.2, 0) is 16.6 Å². The molecule has 0 spiro atoms. The highest BCUT2D eigenvalue weighted by molar-refractivity contribution is 7.89. The molecule has 0 aliphatic rings. The van der Waals surface area contributed by atoms with Gasteiger partial charge in [0.15, 0.2) is 5.03 Å². The van der Waals surface area contributed by atoms with Crippen LogP contribution in [0.25, 0.3) is 0 Å². The van der Waals surface area contributed by atoms with Gasteiger partial charge in [-0.1, -0.05) is 20.8 Å². The number of rotatable bonds is 8. The number of aryl methyl sites for hydroxylation is 1. The third-order valence-corrected chi connectivity index (χ3v) is 4.09. The molecule has 0 saturated carbocycles. The Morgan fingerprint density at radius 2 is 2.05 bits per heavy atom. The smallest absolute Gasteiger partial charge is 0.260 e. The second-order valence-electron chi connectivity index (χ2n) is 5.05. The van der Waals surface area contributed by atoms with Gasteiger partial charge in [-0.2, -0.15) is 5.10 Å². The van der Waals surface area contributed by atoms with E-state index in [4.69, 9.17) is 0 Å². The quantitative estimate of drug-likeness (QED) is 0.626. The van der Waals surface area contributed by atoms with Crippen molar-refractivity contribution in [1.82, 2.24) is 20.2 Å². The molecule has 1 heterocycles. The lowest BCUT2D eigenvalue weighted by molar-refractivity contribution is 0.554. The molecule has 3 N–H and O–H groups in total. The van der Waals surface area contributed by atoms with Gasteiger partial charge in [-0.25, -0.2) is 13.1 Å². The Labute approximate surface area is 115 Å². The van der Waals surface area contributed by atoms with Gasteiger partial charge in [0.1, 0.15) is 0 Å². The Balaban J connectivity index is 2.87. The second kappa shape index (κ2) is 7.02. The van der Waals surface area contributed by atoms with E-state index in [2.05, 4.69) is 27.2 Å². The van der Waals surface area contributed by atoms with Gasteiger partial charge < -0.3 is 5.32 Å². The highest BCUT2D eigenvalue weighted by Crippen LogP contribution is 2.16. The van der Waals surface area contributed by atoms with E-state index < -0.39 is 10.0 Å². The fraction of sp³-hybridized carbons (Fsp3) is 0.750. The summed E-state index contributed by atoms with van der Waals surface area (Å²) >= 11 is 0. The average Bonchev–Trinajstić information content (AvgIpc) is 2.70. The minimum Gasteiger partial charge on any atom is -0.313 e. The van der Waals surface area contributed by atoms with E-state index in [0.29, 0.717) is 18.7 Å². The lowest BCUT2D eigenvalue weighted by Crippen LogP contribution is -2.29. The molecule has 19 heavy (non-hydrogen) atoms. The molecule has 1 rings (SSSR count). The van der Waals surface area contributed by atoms with Crippen LogP contribution in [0, 0.1) is 12.8 Å². The number of H-pyrrole nitrogens is 1. The summed E-state index contributed by atoms with van der Waals surface area (Å²) in [6, 6.07) is 0. The van der Waals surface area contributed by atoms with Gasteiger partial charge in [0.2, 0.25) is 0 Å². The van der Waals surface area contributed by atoms with Crippen LogP contribution >= 0.6 is 0 Å². The van der Waals surface area contributed by atoms with Crippen LogP contribution in [0.2, 0.25) is 0 Å². The van der Waals surface area contributed by atoms with Crippen molar-refractivity contribution >= 4 is 10.0 Å². The topological polar surface area (TPSA) is 86.9 Å². The Bertz CT molecular complexity index is 494. The molecule has 0 amide bonds. The number of aromatic amines is 1. The highest BCUT2D eigenvalue weighted by atomic mass is 32.2. The summed E-state index contributed by atoms with van der Waals surface area (Å²) in [6.07, 6.45) is 1.00. The number of hydrogen-bond acceptors (Lipinski definition) is 4. The molecule has 0 atom stereocenters. The lowest BCUT2D eigenvalue weighted by Gasteiger charge is -2.09. The predicted octanol–water partition coefficient (Wildman–Crippen LogP) is 1.15. The standard InChI is InChI=1S/C12H24N4O2S/c1-5-6-13-8-11-10(4)15-16-12(11)19(17,18)14-7-9(2)3/h9,13-14H,5-8H2,1-4H3,(H,15,16). The van der Waals surface area contributed by atoms with Crippen LogP contribution in [0.3, 0.4) is 0 Å². The summed E-state index contributed by atoms with van der Waals surface area (Å²) in [4.78, 5) is 0. The van der Waals surface area contributed by atoms with Crippen LogP contribution in [0.1, 0.15) is 38.4 Å². The minimum atomic E-state index is -3.53. The SMILES string of the molecule is CCCNCc1c(S(=O)(=O)NCC(C)C)n[nH]c1C. The van der Waals surface area contributed by atoms with Crippen molar-refractivity contribution in [3.8, 4) is 0 Å². The zero-order valence-electron chi connectivity index (χ0n) is 12.1. The van der Waals surface area contributed by atoms with Gasteiger partial charge in [0, 0.05) is 24.3 Å². The molecule has 0 unspecified atom stereocenters. The Hall–Kier alpha value is -0.920. The van der Waals surface area contributed by atoms with E-state index in [-0.39, 0.29) is 10.9 Å². The van der Waals surface area contributed by atoms with E-state index in [9.17, 15) is 8.42 Å². The summed E-state index contributed by atoms with van der Waals surface area (Å²) in [7, 11) is -3.53. The maximum Gasteiger partial charge on any atom is 0.260 e. The first-order chi connectivity index (χ1) is 8.88. The molecular weight excluding hydrogens is 264 g/mol. The summed E-state index contributed by atoms with van der Waals surface area (Å²) in [5, 5.41) is 9.99. The molecule has 6 nitrogen and oxygen atoms in total. The van der Waals surface area contributed by atoms with E-state index in [0.717, 1.165) is 18.7 Å². The fourth-order valence-corrected chi connectivity index (χ4v) is 3.00. The van der Waals surface area contributed by atoms with Crippen LogP contribution in [-0.4, -0.2) is 31.7 Å². The number of nitrogens with zero attached hydrogens (tertiary/aromatic N) is 1. The maximum absolute atomic E-state index is 12.2. The first-order valence-electron chi connectivity index (χ1n) is 6.62. The van der Waals surface area contributed by atoms with Crippen molar-refractivity contribution in [2.24, 2.45) is 5.92 Å². The van der Waals surface area contributed by atoms with Crippen molar-refractivity contribution in [1.29, 1.82) is 0 Å². The number of aromatic nitrogens is 2. The van der Waals surface area contributed by atoms with Crippen LogP contribution in [0.15, 0.2) is 5.03 Å². The van der Waals surface area contributed by atoms with Crippen molar-refractivity contribution < 1.29 is 8.42 Å². The Morgan fingerprint density at radius 1 is 1.37 bits per heavy atom. The molecule has 0 bridgehead atoms. The third-order valence-electron chi connectivity index (χ3n) is 2.70. The third kappa shape index (κ3) is 4.59. The monoisotopic (exact) mass is 288 g/mol. The fourth-order valence-electron chi connectivity index (χ4n) is 1.60. The van der Waals surface area contributed by atoms with Crippen molar-refractivity contribution in [2.45, 2.75) is 45.7 Å². The second-order valence-corrected chi connectivity index (χ2v) is 6.74. The normalized spacial score (nSPS) is 12.3. The molecule has 0 aliphatic carbocycles. The van der Waals surface area contributed by atoms with E-state index in [1.54, 1.807) is 0 Å². The number of hydrogen-bond donors (Lipinski definition) is 3. The molecule has 0 aliphatic heterocycles. The molecule has 0 saturated heterocycles. The van der Waals surface area contributed by atoms with Gasteiger partial charge in [-0.05, 0) is 25.8 Å². The van der Waals surface area contributed by atoms with Gasteiger partial charge in [0.05, 0.1) is 0 Å². The van der Waals surface area contributed by atoms with Crippen molar-refractivity contribution in [2.75, 3.05) is 13.1 Å². The first-order valence-corrected chi connectivity index (χ1v) is 8.11. The van der Waals surface area contributed by atoms with Crippen molar-refractivity contribution in [3.05, 3.63) is 11.3 Å². The zero-order chi connectivity index (χ0) is 14.5. The molecule has 0 fully saturated rings. The van der Waals surface area contributed by atoms with E-state index >= 15 is 0 Å². The van der Waals surface area contributed by atoms with E-state index in [1.807, 2.05) is 20.8 Å². The first kappa shape index (κ1) is 16.1. The highest BCUT2D eigenvalue weighted by Gasteiger charge is 2.23. The van der Waals surface area contributed by atoms with Crippen LogP contribution < -0.4 is 10.0 Å².